The highest BCUT2D eigenvalue weighted by molar-refractivity contribution is 7.98. The number of ether oxygens (including phenoxy) is 1. The summed E-state index contributed by atoms with van der Waals surface area (Å²) in [6.45, 7) is 1.92. The first-order valence-electron chi connectivity index (χ1n) is 7.78. The molecule has 0 aliphatic rings. The number of hydrogen-bond acceptors (Lipinski definition) is 6. The van der Waals surface area contributed by atoms with Crippen LogP contribution in [0.15, 0.2) is 52.2 Å². The van der Waals surface area contributed by atoms with Crippen LogP contribution in [-0.4, -0.2) is 27.0 Å². The lowest BCUT2D eigenvalue weighted by molar-refractivity contribution is 0.414. The number of aryl methyl sites for hydroxylation is 1. The van der Waals surface area contributed by atoms with Gasteiger partial charge in [-0.05, 0) is 31.2 Å². The van der Waals surface area contributed by atoms with E-state index in [-0.39, 0.29) is 0 Å². The molecule has 0 fully saturated rings. The molecule has 126 valence electrons. The summed E-state index contributed by atoms with van der Waals surface area (Å²) >= 11 is 1.57. The maximum absolute atomic E-state index is 5.84. The number of aromatic nitrogens is 4. The van der Waals surface area contributed by atoms with Gasteiger partial charge in [0.2, 0.25) is 5.89 Å². The fraction of sp³-hybridized carbons (Fsp3) is 0.167. The number of fused-ring (bicyclic) bond motifs is 1. The Morgan fingerprint density at radius 2 is 2.04 bits per heavy atom. The molecule has 3 aromatic heterocycles. The summed E-state index contributed by atoms with van der Waals surface area (Å²) in [5.74, 6) is 2.76. The van der Waals surface area contributed by atoms with Crippen molar-refractivity contribution >= 4 is 22.9 Å². The third kappa shape index (κ3) is 3.10. The molecular weight excluding hydrogens is 336 g/mol. The summed E-state index contributed by atoms with van der Waals surface area (Å²) in [7, 11) is 1.64. The second kappa shape index (κ2) is 6.60. The number of rotatable bonds is 5. The SMILES string of the molecule is COc1ccccc1-c1nc(CSc2nc3ncccc3[nH]2)c(C)o1. The minimum atomic E-state index is 0.567. The monoisotopic (exact) mass is 352 g/mol. The van der Waals surface area contributed by atoms with Gasteiger partial charge >= 0.3 is 0 Å². The highest BCUT2D eigenvalue weighted by atomic mass is 32.2. The number of para-hydroxylation sites is 1. The molecule has 0 saturated carbocycles. The van der Waals surface area contributed by atoms with Crippen LogP contribution in [0, 0.1) is 6.92 Å². The second-order valence-corrected chi connectivity index (χ2v) is 6.39. The number of hydrogen-bond donors (Lipinski definition) is 1. The summed E-state index contributed by atoms with van der Waals surface area (Å²) in [5, 5.41) is 0.815. The van der Waals surface area contributed by atoms with Gasteiger partial charge in [0.25, 0.3) is 0 Å². The minimum absolute atomic E-state index is 0.567. The zero-order valence-corrected chi connectivity index (χ0v) is 14.6. The van der Waals surface area contributed by atoms with E-state index in [1.165, 1.54) is 0 Å². The molecule has 0 aliphatic carbocycles. The van der Waals surface area contributed by atoms with Gasteiger partial charge in [0.15, 0.2) is 10.8 Å². The normalized spacial score (nSPS) is 11.1. The number of oxazole rings is 1. The van der Waals surface area contributed by atoms with E-state index in [9.17, 15) is 0 Å². The summed E-state index contributed by atoms with van der Waals surface area (Å²) in [6, 6.07) is 11.5. The molecule has 4 aromatic rings. The van der Waals surface area contributed by atoms with E-state index in [2.05, 4.69) is 19.9 Å². The number of pyridine rings is 1. The smallest absolute Gasteiger partial charge is 0.230 e. The number of nitrogens with zero attached hydrogens (tertiary/aromatic N) is 3. The number of imidazole rings is 1. The van der Waals surface area contributed by atoms with Crippen LogP contribution < -0.4 is 4.74 Å². The molecule has 0 aliphatic heterocycles. The van der Waals surface area contributed by atoms with E-state index in [0.29, 0.717) is 11.6 Å². The summed E-state index contributed by atoms with van der Waals surface area (Å²) in [4.78, 5) is 16.6. The molecule has 4 rings (SSSR count). The van der Waals surface area contributed by atoms with Crippen LogP contribution in [0.25, 0.3) is 22.6 Å². The van der Waals surface area contributed by atoms with Crippen molar-refractivity contribution in [2.45, 2.75) is 17.8 Å². The topological polar surface area (TPSA) is 76.8 Å². The summed E-state index contributed by atoms with van der Waals surface area (Å²) in [6.07, 6.45) is 1.74. The molecule has 1 N–H and O–H groups in total. The van der Waals surface area contributed by atoms with Gasteiger partial charge in [-0.15, -0.1) is 0 Å². The molecule has 0 radical (unpaired) electrons. The van der Waals surface area contributed by atoms with Gasteiger partial charge < -0.3 is 14.1 Å². The van der Waals surface area contributed by atoms with Crippen molar-refractivity contribution in [3.8, 4) is 17.2 Å². The largest absolute Gasteiger partial charge is 0.496 e. The third-order valence-electron chi connectivity index (χ3n) is 3.81. The highest BCUT2D eigenvalue weighted by Crippen LogP contribution is 2.32. The van der Waals surface area contributed by atoms with Gasteiger partial charge in [-0.3, -0.25) is 0 Å². The Bertz CT molecular complexity index is 992. The van der Waals surface area contributed by atoms with E-state index in [1.54, 1.807) is 25.1 Å². The molecular formula is C18H16N4O2S. The first kappa shape index (κ1) is 15.7. The van der Waals surface area contributed by atoms with E-state index < -0.39 is 0 Å². The van der Waals surface area contributed by atoms with Crippen LogP contribution in [-0.2, 0) is 5.75 Å². The Morgan fingerprint density at radius 3 is 2.88 bits per heavy atom. The molecule has 0 unspecified atom stereocenters. The Morgan fingerprint density at radius 1 is 1.16 bits per heavy atom. The van der Waals surface area contributed by atoms with Crippen molar-refractivity contribution in [1.82, 2.24) is 19.9 Å². The summed E-state index contributed by atoms with van der Waals surface area (Å²) in [5.41, 5.74) is 3.38. The zero-order valence-electron chi connectivity index (χ0n) is 13.8. The molecule has 0 saturated heterocycles. The van der Waals surface area contributed by atoms with Crippen molar-refractivity contribution < 1.29 is 9.15 Å². The van der Waals surface area contributed by atoms with E-state index in [4.69, 9.17) is 9.15 Å². The second-order valence-electron chi connectivity index (χ2n) is 5.43. The van der Waals surface area contributed by atoms with Crippen molar-refractivity contribution in [2.24, 2.45) is 0 Å². The third-order valence-corrected chi connectivity index (χ3v) is 4.70. The number of benzene rings is 1. The van der Waals surface area contributed by atoms with Gasteiger partial charge in [-0.1, -0.05) is 23.9 Å². The number of methoxy groups -OCH3 is 1. The molecule has 25 heavy (non-hydrogen) atoms. The molecule has 0 atom stereocenters. The molecule has 3 heterocycles. The average Bonchev–Trinajstić information content (AvgIpc) is 3.22. The van der Waals surface area contributed by atoms with Crippen LogP contribution in [0.4, 0.5) is 0 Å². The molecule has 0 bridgehead atoms. The van der Waals surface area contributed by atoms with Crippen molar-refractivity contribution in [1.29, 1.82) is 0 Å². The molecule has 1 aromatic carbocycles. The van der Waals surface area contributed by atoms with Gasteiger partial charge in [-0.2, -0.15) is 0 Å². The van der Waals surface area contributed by atoms with Crippen molar-refractivity contribution in [3.05, 3.63) is 54.0 Å². The fourth-order valence-corrected chi connectivity index (χ4v) is 3.40. The predicted molar refractivity (Wildman–Crippen MR) is 96.7 cm³/mol. The number of H-pyrrole nitrogens is 1. The average molecular weight is 352 g/mol. The Hall–Kier alpha value is -2.80. The lowest BCUT2D eigenvalue weighted by atomic mass is 10.2. The highest BCUT2D eigenvalue weighted by Gasteiger charge is 2.15. The molecule has 0 amide bonds. The van der Waals surface area contributed by atoms with Crippen molar-refractivity contribution in [3.63, 3.8) is 0 Å². The van der Waals surface area contributed by atoms with Gasteiger partial charge in [0, 0.05) is 11.9 Å². The van der Waals surface area contributed by atoms with E-state index in [0.717, 1.165) is 39.1 Å². The van der Waals surface area contributed by atoms with E-state index in [1.807, 2.05) is 43.3 Å². The lowest BCUT2D eigenvalue weighted by Gasteiger charge is -2.03. The first-order valence-corrected chi connectivity index (χ1v) is 8.76. The van der Waals surface area contributed by atoms with Crippen LogP contribution in [0.3, 0.4) is 0 Å². The van der Waals surface area contributed by atoms with Gasteiger partial charge in [0.1, 0.15) is 11.5 Å². The van der Waals surface area contributed by atoms with Crippen molar-refractivity contribution in [2.75, 3.05) is 7.11 Å². The number of aromatic amines is 1. The zero-order chi connectivity index (χ0) is 17.2. The van der Waals surface area contributed by atoms with Gasteiger partial charge in [0.05, 0.1) is 23.9 Å². The number of thioether (sulfide) groups is 1. The van der Waals surface area contributed by atoms with Crippen LogP contribution >= 0.6 is 11.8 Å². The van der Waals surface area contributed by atoms with Crippen LogP contribution in [0.2, 0.25) is 0 Å². The minimum Gasteiger partial charge on any atom is -0.496 e. The maximum Gasteiger partial charge on any atom is 0.230 e. The van der Waals surface area contributed by atoms with Gasteiger partial charge in [-0.25, -0.2) is 15.0 Å². The molecule has 6 nitrogen and oxygen atoms in total. The summed E-state index contributed by atoms with van der Waals surface area (Å²) < 4.78 is 11.2. The maximum atomic E-state index is 5.84. The standard InChI is InChI=1S/C18H16N4O2S/c1-11-14(10-25-18-21-13-7-5-9-19-16(13)22-18)20-17(24-11)12-6-3-4-8-15(12)23-2/h3-9H,10H2,1-2H3,(H,19,21,22). The van der Waals surface area contributed by atoms with Crippen LogP contribution in [0.1, 0.15) is 11.5 Å². The Labute approximate surface area is 148 Å². The lowest BCUT2D eigenvalue weighted by Crippen LogP contribution is -1.88. The van der Waals surface area contributed by atoms with E-state index >= 15 is 0 Å². The Kier molecular flexibility index (Phi) is 4.15. The predicted octanol–water partition coefficient (Wildman–Crippen LogP) is 4.22. The Balaban J connectivity index is 1.56. The molecule has 7 heteroatoms. The quantitative estimate of drug-likeness (QED) is 0.542. The fourth-order valence-electron chi connectivity index (χ4n) is 2.53. The number of nitrogens with one attached hydrogen (secondary N) is 1. The first-order chi connectivity index (χ1) is 12.2. The van der Waals surface area contributed by atoms with Crippen LogP contribution in [0.5, 0.6) is 5.75 Å². The molecule has 0 spiro atoms.